The molecule has 2 heteroatoms. The van der Waals surface area contributed by atoms with Crippen LogP contribution < -0.4 is 0 Å². The van der Waals surface area contributed by atoms with Crippen LogP contribution in [0.15, 0.2) is 0 Å². The zero-order valence-electron chi connectivity index (χ0n) is 10.2. The van der Waals surface area contributed by atoms with E-state index in [2.05, 4.69) is 16.8 Å². The lowest BCUT2D eigenvalue weighted by molar-refractivity contribution is 0.173. The molecule has 2 nitrogen and oxygen atoms in total. The van der Waals surface area contributed by atoms with Gasteiger partial charge in [-0.3, -0.25) is 0 Å². The average Bonchev–Trinajstić information content (AvgIpc) is 2.30. The van der Waals surface area contributed by atoms with E-state index in [1.54, 1.807) is 0 Å². The van der Waals surface area contributed by atoms with Crippen LogP contribution in [0.2, 0.25) is 0 Å². The van der Waals surface area contributed by atoms with E-state index in [0.29, 0.717) is 0 Å². The number of hydrogen-bond acceptors (Lipinski definition) is 2. The molecule has 0 bridgehead atoms. The van der Waals surface area contributed by atoms with E-state index in [1.807, 2.05) is 0 Å². The molecule has 0 atom stereocenters. The first-order chi connectivity index (χ1) is 7.34. The van der Waals surface area contributed by atoms with Crippen LogP contribution in [-0.4, -0.2) is 49.6 Å². The fourth-order valence-electron chi connectivity index (χ4n) is 2.90. The maximum atomic E-state index is 2.68. The van der Waals surface area contributed by atoms with Gasteiger partial charge in [-0.2, -0.15) is 0 Å². The van der Waals surface area contributed by atoms with Crippen molar-refractivity contribution in [2.45, 2.75) is 38.5 Å². The Labute approximate surface area is 94.6 Å². The number of nitrogens with zero attached hydrogens (tertiary/aromatic N) is 2. The molecule has 0 saturated carbocycles. The summed E-state index contributed by atoms with van der Waals surface area (Å²) in [4.78, 5) is 5.15. The van der Waals surface area contributed by atoms with Gasteiger partial charge in [-0.1, -0.05) is 6.42 Å². The van der Waals surface area contributed by atoms with Crippen molar-refractivity contribution in [1.82, 2.24) is 9.80 Å². The molecule has 0 aromatic carbocycles. The lowest BCUT2D eigenvalue weighted by atomic mass is 9.93. The highest BCUT2D eigenvalue weighted by Gasteiger charge is 2.18. The third-order valence-corrected chi connectivity index (χ3v) is 4.14. The molecule has 0 spiro atoms. The molecule has 2 aliphatic heterocycles. The fourth-order valence-corrected chi connectivity index (χ4v) is 2.90. The van der Waals surface area contributed by atoms with Crippen molar-refractivity contribution in [3.63, 3.8) is 0 Å². The van der Waals surface area contributed by atoms with E-state index in [-0.39, 0.29) is 0 Å². The van der Waals surface area contributed by atoms with Gasteiger partial charge in [0, 0.05) is 0 Å². The Hall–Kier alpha value is -0.0800. The summed E-state index contributed by atoms with van der Waals surface area (Å²) in [5.41, 5.74) is 0. The van der Waals surface area contributed by atoms with Gasteiger partial charge in [-0.15, -0.1) is 0 Å². The van der Waals surface area contributed by atoms with Gasteiger partial charge in [0.05, 0.1) is 0 Å². The fraction of sp³-hybridized carbons (Fsp3) is 1.00. The third kappa shape index (κ3) is 3.76. The van der Waals surface area contributed by atoms with Crippen LogP contribution in [0.25, 0.3) is 0 Å². The van der Waals surface area contributed by atoms with Crippen LogP contribution in [0.5, 0.6) is 0 Å². The van der Waals surface area contributed by atoms with Crippen LogP contribution in [0.3, 0.4) is 0 Å². The van der Waals surface area contributed by atoms with Gasteiger partial charge in [-0.05, 0) is 77.8 Å². The molecule has 2 aliphatic rings. The molecule has 15 heavy (non-hydrogen) atoms. The molecule has 0 radical (unpaired) electrons. The van der Waals surface area contributed by atoms with Gasteiger partial charge in [0.15, 0.2) is 0 Å². The van der Waals surface area contributed by atoms with Gasteiger partial charge in [0.25, 0.3) is 0 Å². The zero-order chi connectivity index (χ0) is 10.5. The minimum Gasteiger partial charge on any atom is -0.306 e. The predicted octanol–water partition coefficient (Wildman–Crippen LogP) is 2.20. The van der Waals surface area contributed by atoms with Crippen molar-refractivity contribution in [2.75, 3.05) is 39.8 Å². The Balaban J connectivity index is 1.60. The first-order valence-corrected chi connectivity index (χ1v) is 6.75. The number of rotatable bonds is 3. The zero-order valence-corrected chi connectivity index (χ0v) is 10.2. The van der Waals surface area contributed by atoms with Gasteiger partial charge < -0.3 is 9.80 Å². The van der Waals surface area contributed by atoms with E-state index >= 15 is 0 Å². The summed E-state index contributed by atoms with van der Waals surface area (Å²) in [5.74, 6) is 1.02. The summed E-state index contributed by atoms with van der Waals surface area (Å²) >= 11 is 0. The first-order valence-electron chi connectivity index (χ1n) is 6.75. The molecule has 0 aromatic rings. The van der Waals surface area contributed by atoms with Crippen LogP contribution in [0, 0.1) is 5.92 Å². The van der Waals surface area contributed by atoms with Crippen molar-refractivity contribution < 1.29 is 0 Å². The summed E-state index contributed by atoms with van der Waals surface area (Å²) in [5, 5.41) is 0. The molecular formula is C13H26N2. The van der Waals surface area contributed by atoms with Crippen molar-refractivity contribution in [2.24, 2.45) is 5.92 Å². The summed E-state index contributed by atoms with van der Waals surface area (Å²) in [6.45, 7) is 6.75. The topological polar surface area (TPSA) is 6.48 Å². The summed E-state index contributed by atoms with van der Waals surface area (Å²) in [6, 6.07) is 0. The SMILES string of the molecule is CN1CCC(CCN2CCCCC2)CC1. The van der Waals surface area contributed by atoms with E-state index in [9.17, 15) is 0 Å². The van der Waals surface area contributed by atoms with Crippen LogP contribution >= 0.6 is 0 Å². The monoisotopic (exact) mass is 210 g/mol. The Morgan fingerprint density at radius 3 is 2.27 bits per heavy atom. The highest BCUT2D eigenvalue weighted by Crippen LogP contribution is 2.20. The highest BCUT2D eigenvalue weighted by molar-refractivity contribution is 4.72. The largest absolute Gasteiger partial charge is 0.306 e. The molecule has 88 valence electrons. The van der Waals surface area contributed by atoms with Crippen LogP contribution in [0.1, 0.15) is 38.5 Å². The molecule has 2 heterocycles. The third-order valence-electron chi connectivity index (χ3n) is 4.14. The van der Waals surface area contributed by atoms with E-state index in [4.69, 9.17) is 0 Å². The molecule has 2 saturated heterocycles. The number of piperidine rings is 2. The smallest absolute Gasteiger partial charge is 0.00161 e. The van der Waals surface area contributed by atoms with Gasteiger partial charge in [0.1, 0.15) is 0 Å². The van der Waals surface area contributed by atoms with Gasteiger partial charge in [-0.25, -0.2) is 0 Å². The van der Waals surface area contributed by atoms with E-state index in [0.717, 1.165) is 5.92 Å². The quantitative estimate of drug-likeness (QED) is 0.704. The minimum absolute atomic E-state index is 1.02. The highest BCUT2D eigenvalue weighted by atomic mass is 15.1. The Morgan fingerprint density at radius 2 is 1.60 bits per heavy atom. The van der Waals surface area contributed by atoms with Gasteiger partial charge >= 0.3 is 0 Å². The van der Waals surface area contributed by atoms with E-state index < -0.39 is 0 Å². The average molecular weight is 210 g/mol. The lowest BCUT2D eigenvalue weighted by Crippen LogP contribution is -2.34. The van der Waals surface area contributed by atoms with Crippen LogP contribution in [-0.2, 0) is 0 Å². The standard InChI is InChI=1S/C13H26N2/c1-14-10-5-13(6-11-14)7-12-15-8-3-2-4-9-15/h13H,2-12H2,1H3. The van der Waals surface area contributed by atoms with Crippen LogP contribution in [0.4, 0.5) is 0 Å². The molecule has 0 aromatic heterocycles. The van der Waals surface area contributed by atoms with Crippen molar-refractivity contribution in [3.8, 4) is 0 Å². The number of hydrogen-bond donors (Lipinski definition) is 0. The molecule has 0 aliphatic carbocycles. The normalized spacial score (nSPS) is 27.0. The maximum Gasteiger partial charge on any atom is -0.00161 e. The second-order valence-electron chi connectivity index (χ2n) is 5.44. The Bertz CT molecular complexity index is 167. The van der Waals surface area contributed by atoms with E-state index in [1.165, 1.54) is 71.2 Å². The van der Waals surface area contributed by atoms with Crippen molar-refractivity contribution >= 4 is 0 Å². The summed E-state index contributed by atoms with van der Waals surface area (Å²) < 4.78 is 0. The number of likely N-dealkylation sites (tertiary alicyclic amines) is 2. The minimum atomic E-state index is 1.02. The maximum absolute atomic E-state index is 2.68. The summed E-state index contributed by atoms with van der Waals surface area (Å²) in [7, 11) is 2.25. The molecule has 2 fully saturated rings. The molecule has 0 N–H and O–H groups in total. The Morgan fingerprint density at radius 1 is 0.933 bits per heavy atom. The molecule has 0 unspecified atom stereocenters. The van der Waals surface area contributed by atoms with Crippen molar-refractivity contribution in [1.29, 1.82) is 0 Å². The molecule has 0 amide bonds. The van der Waals surface area contributed by atoms with Gasteiger partial charge in [0.2, 0.25) is 0 Å². The predicted molar refractivity (Wildman–Crippen MR) is 65.1 cm³/mol. The van der Waals surface area contributed by atoms with Crippen molar-refractivity contribution in [3.05, 3.63) is 0 Å². The second-order valence-corrected chi connectivity index (χ2v) is 5.44. The molecule has 2 rings (SSSR count). The Kier molecular flexibility index (Phi) is 4.45. The first kappa shape index (κ1) is 11.4. The lowest BCUT2D eigenvalue weighted by Gasteiger charge is -2.32. The summed E-state index contributed by atoms with van der Waals surface area (Å²) in [6.07, 6.45) is 8.66. The molecular weight excluding hydrogens is 184 g/mol. The second kappa shape index (κ2) is 5.86.